The van der Waals surface area contributed by atoms with Crippen LogP contribution < -0.4 is 5.32 Å². The molecule has 1 amide bonds. The van der Waals surface area contributed by atoms with Crippen molar-refractivity contribution in [2.75, 3.05) is 19.5 Å². The van der Waals surface area contributed by atoms with Crippen LogP contribution in [0.4, 0.5) is 10.6 Å². The highest BCUT2D eigenvalue weighted by Gasteiger charge is 2.25. The van der Waals surface area contributed by atoms with Crippen molar-refractivity contribution >= 4 is 17.6 Å². The van der Waals surface area contributed by atoms with Crippen LogP contribution in [-0.2, 0) is 20.6 Å². The summed E-state index contributed by atoms with van der Waals surface area (Å²) in [6.45, 7) is 5.36. The Morgan fingerprint density at radius 1 is 1.29 bits per heavy atom. The molecule has 1 aliphatic rings. The van der Waals surface area contributed by atoms with Gasteiger partial charge in [-0.15, -0.1) is 0 Å². The SMILES string of the molecule is COC(Cc1c(NC(=O)OC(C)(C)C)ncnc1-c1cnn(/C(=C\C#N)C2CCCC2)c1)OC. The van der Waals surface area contributed by atoms with E-state index in [-0.39, 0.29) is 6.42 Å². The number of ether oxygens (including phenoxy) is 3. The number of hydrogen-bond donors (Lipinski definition) is 1. The second kappa shape index (κ2) is 11.2. The summed E-state index contributed by atoms with van der Waals surface area (Å²) in [5.41, 5.74) is 2.13. The number of allylic oxidation sites excluding steroid dienone is 2. The molecule has 1 N–H and O–H groups in total. The second-order valence-corrected chi connectivity index (χ2v) is 9.13. The molecule has 1 saturated carbocycles. The number of anilines is 1. The van der Waals surface area contributed by atoms with Crippen LogP contribution in [0.3, 0.4) is 0 Å². The average Bonchev–Trinajstić information content (AvgIpc) is 3.48. The average molecular weight is 469 g/mol. The van der Waals surface area contributed by atoms with Crippen molar-refractivity contribution in [1.82, 2.24) is 19.7 Å². The van der Waals surface area contributed by atoms with E-state index in [4.69, 9.17) is 14.2 Å². The fourth-order valence-electron chi connectivity index (χ4n) is 4.04. The molecule has 182 valence electrons. The first-order chi connectivity index (χ1) is 16.3. The van der Waals surface area contributed by atoms with Gasteiger partial charge in [0.2, 0.25) is 0 Å². The quantitative estimate of drug-likeness (QED) is 0.446. The van der Waals surface area contributed by atoms with Crippen molar-refractivity contribution in [3.63, 3.8) is 0 Å². The Balaban J connectivity index is 1.99. The fraction of sp³-hybridized carbons (Fsp3) is 0.542. The third-order valence-electron chi connectivity index (χ3n) is 5.57. The lowest BCUT2D eigenvalue weighted by Crippen LogP contribution is -2.28. The minimum atomic E-state index is -0.660. The van der Waals surface area contributed by atoms with E-state index in [1.54, 1.807) is 37.7 Å². The van der Waals surface area contributed by atoms with Crippen LogP contribution in [0.5, 0.6) is 0 Å². The van der Waals surface area contributed by atoms with Crippen molar-refractivity contribution in [1.29, 1.82) is 5.26 Å². The molecule has 0 aliphatic heterocycles. The maximum Gasteiger partial charge on any atom is 0.413 e. The minimum absolute atomic E-state index is 0.281. The van der Waals surface area contributed by atoms with Gasteiger partial charge in [-0.2, -0.15) is 10.4 Å². The van der Waals surface area contributed by atoms with E-state index in [0.717, 1.165) is 36.9 Å². The first kappa shape index (κ1) is 25.3. The number of amides is 1. The van der Waals surface area contributed by atoms with Gasteiger partial charge < -0.3 is 14.2 Å². The van der Waals surface area contributed by atoms with Gasteiger partial charge in [-0.05, 0) is 33.6 Å². The largest absolute Gasteiger partial charge is 0.444 e. The fourth-order valence-corrected chi connectivity index (χ4v) is 4.04. The lowest BCUT2D eigenvalue weighted by Gasteiger charge is -2.21. The molecule has 0 radical (unpaired) electrons. The van der Waals surface area contributed by atoms with Crippen LogP contribution in [-0.4, -0.2) is 52.0 Å². The van der Waals surface area contributed by atoms with E-state index in [2.05, 4.69) is 26.5 Å². The molecule has 1 aliphatic carbocycles. The highest BCUT2D eigenvalue weighted by molar-refractivity contribution is 5.86. The molecule has 10 nitrogen and oxygen atoms in total. The summed E-state index contributed by atoms with van der Waals surface area (Å²) in [5, 5.41) is 16.6. The molecule has 2 heterocycles. The molecule has 0 spiro atoms. The van der Waals surface area contributed by atoms with Gasteiger partial charge in [0.1, 0.15) is 17.7 Å². The van der Waals surface area contributed by atoms with Gasteiger partial charge in [-0.1, -0.05) is 12.8 Å². The van der Waals surface area contributed by atoms with Crippen LogP contribution in [0.25, 0.3) is 17.0 Å². The lowest BCUT2D eigenvalue weighted by atomic mass is 10.0. The Bertz CT molecular complexity index is 1060. The van der Waals surface area contributed by atoms with Crippen molar-refractivity contribution < 1.29 is 19.0 Å². The number of carbonyl (C=O) groups excluding carboxylic acids is 1. The van der Waals surface area contributed by atoms with Crippen molar-refractivity contribution in [2.24, 2.45) is 5.92 Å². The molecule has 0 atom stereocenters. The number of nitriles is 1. The zero-order chi connectivity index (χ0) is 24.7. The normalized spacial score (nSPS) is 14.9. The molecule has 0 bridgehead atoms. The number of methoxy groups -OCH3 is 2. The summed E-state index contributed by atoms with van der Waals surface area (Å²) in [5.74, 6) is 0.600. The van der Waals surface area contributed by atoms with Gasteiger partial charge in [0.15, 0.2) is 6.29 Å². The predicted molar refractivity (Wildman–Crippen MR) is 126 cm³/mol. The van der Waals surface area contributed by atoms with Gasteiger partial charge >= 0.3 is 6.09 Å². The monoisotopic (exact) mass is 468 g/mol. The first-order valence-corrected chi connectivity index (χ1v) is 11.3. The summed E-state index contributed by atoms with van der Waals surface area (Å²) in [7, 11) is 3.08. The molecule has 3 rings (SSSR count). The van der Waals surface area contributed by atoms with E-state index in [9.17, 15) is 10.1 Å². The molecule has 0 saturated heterocycles. The summed E-state index contributed by atoms with van der Waals surface area (Å²) in [6, 6.07) is 2.15. The number of aromatic nitrogens is 4. The molecule has 2 aromatic heterocycles. The third kappa shape index (κ3) is 6.40. The molecule has 10 heteroatoms. The van der Waals surface area contributed by atoms with Crippen LogP contribution >= 0.6 is 0 Å². The van der Waals surface area contributed by atoms with Gasteiger partial charge in [0, 0.05) is 50.0 Å². The number of hydrogen-bond acceptors (Lipinski definition) is 8. The highest BCUT2D eigenvalue weighted by Crippen LogP contribution is 2.35. The van der Waals surface area contributed by atoms with E-state index in [0.29, 0.717) is 23.0 Å². The summed E-state index contributed by atoms with van der Waals surface area (Å²) in [6.07, 6.45) is 9.92. The molecular weight excluding hydrogens is 436 g/mol. The second-order valence-electron chi connectivity index (χ2n) is 9.13. The molecule has 0 unspecified atom stereocenters. The molecule has 1 fully saturated rings. The topological polar surface area (TPSA) is 124 Å². The Morgan fingerprint density at radius 2 is 2.00 bits per heavy atom. The Labute approximate surface area is 199 Å². The lowest BCUT2D eigenvalue weighted by molar-refractivity contribution is -0.100. The van der Waals surface area contributed by atoms with Gasteiger partial charge in [0.05, 0.1) is 23.7 Å². The van der Waals surface area contributed by atoms with Gasteiger partial charge in [-0.3, -0.25) is 5.32 Å². The van der Waals surface area contributed by atoms with Gasteiger partial charge in [0.25, 0.3) is 0 Å². The number of rotatable bonds is 8. The maximum atomic E-state index is 12.5. The molecular formula is C24H32N6O4. The van der Waals surface area contributed by atoms with Crippen LogP contribution in [0.2, 0.25) is 0 Å². The van der Waals surface area contributed by atoms with E-state index in [1.165, 1.54) is 20.5 Å². The van der Waals surface area contributed by atoms with Crippen LogP contribution in [0.15, 0.2) is 24.8 Å². The molecule has 2 aromatic rings. The summed E-state index contributed by atoms with van der Waals surface area (Å²) < 4.78 is 17.9. The van der Waals surface area contributed by atoms with E-state index >= 15 is 0 Å². The Hall–Kier alpha value is -3.29. The summed E-state index contributed by atoms with van der Waals surface area (Å²) >= 11 is 0. The molecule has 0 aromatic carbocycles. The smallest absolute Gasteiger partial charge is 0.413 e. The van der Waals surface area contributed by atoms with Crippen LogP contribution in [0.1, 0.15) is 52.0 Å². The zero-order valence-electron chi connectivity index (χ0n) is 20.4. The number of carbonyl (C=O) groups is 1. The minimum Gasteiger partial charge on any atom is -0.444 e. The standard InChI is InChI=1S/C24H32N6O4/c1-24(2,3)34-23(31)29-22-18(12-20(32-4)33-5)21(26-15-27-22)17-13-28-30(14-17)19(10-11-25)16-8-6-7-9-16/h10,13-16,20H,6-9,12H2,1-5H3,(H,26,27,29,31)/b19-10-. The third-order valence-corrected chi connectivity index (χ3v) is 5.57. The van der Waals surface area contributed by atoms with Crippen molar-refractivity contribution in [2.45, 2.75) is 64.8 Å². The van der Waals surface area contributed by atoms with Crippen molar-refractivity contribution in [3.8, 4) is 17.3 Å². The number of nitrogens with zero attached hydrogens (tertiary/aromatic N) is 5. The maximum absolute atomic E-state index is 12.5. The highest BCUT2D eigenvalue weighted by atomic mass is 16.7. The van der Waals surface area contributed by atoms with E-state index < -0.39 is 18.0 Å². The molecule has 34 heavy (non-hydrogen) atoms. The Morgan fingerprint density at radius 3 is 2.62 bits per heavy atom. The van der Waals surface area contributed by atoms with Crippen molar-refractivity contribution in [3.05, 3.63) is 30.4 Å². The van der Waals surface area contributed by atoms with Gasteiger partial charge in [-0.25, -0.2) is 19.4 Å². The number of nitrogens with one attached hydrogen (secondary N) is 1. The predicted octanol–water partition coefficient (Wildman–Crippen LogP) is 4.40. The van der Waals surface area contributed by atoms with Crippen LogP contribution in [0, 0.1) is 17.2 Å². The Kier molecular flexibility index (Phi) is 8.36. The van der Waals surface area contributed by atoms with E-state index in [1.807, 2.05) is 6.20 Å². The first-order valence-electron chi connectivity index (χ1n) is 11.3. The zero-order valence-corrected chi connectivity index (χ0v) is 20.4. The summed E-state index contributed by atoms with van der Waals surface area (Å²) in [4.78, 5) is 21.2.